The van der Waals surface area contributed by atoms with Crippen LogP contribution in [0.4, 0.5) is 0 Å². The Bertz CT molecular complexity index is 470. The standard InChI is InChI=1S/C15H14NO/c1-2-6-12(7-3-1)11-16-15-10-13-8-4-5-9-14(13)17-15/h1-9,11,15-16H,10H2. The van der Waals surface area contributed by atoms with Gasteiger partial charge in [0.25, 0.3) is 0 Å². The van der Waals surface area contributed by atoms with Crippen LogP contribution >= 0.6 is 0 Å². The summed E-state index contributed by atoms with van der Waals surface area (Å²) in [5.74, 6) is 0.992. The van der Waals surface area contributed by atoms with Gasteiger partial charge in [0.2, 0.25) is 0 Å². The normalized spacial score (nSPS) is 17.5. The van der Waals surface area contributed by atoms with E-state index in [0.29, 0.717) is 0 Å². The highest BCUT2D eigenvalue weighted by molar-refractivity contribution is 5.37. The average Bonchev–Trinajstić information content (AvgIpc) is 2.80. The van der Waals surface area contributed by atoms with E-state index in [1.807, 2.05) is 42.9 Å². The molecule has 0 saturated carbocycles. The molecule has 1 heterocycles. The number of rotatable bonds is 3. The van der Waals surface area contributed by atoms with E-state index in [9.17, 15) is 0 Å². The third-order valence-electron chi connectivity index (χ3n) is 2.88. The van der Waals surface area contributed by atoms with E-state index in [-0.39, 0.29) is 6.23 Å². The summed E-state index contributed by atoms with van der Waals surface area (Å²) < 4.78 is 5.79. The van der Waals surface area contributed by atoms with Crippen molar-refractivity contribution in [3.8, 4) is 5.75 Å². The number of para-hydroxylation sites is 1. The molecule has 2 heteroatoms. The summed E-state index contributed by atoms with van der Waals surface area (Å²) in [6, 6.07) is 18.4. The third-order valence-corrected chi connectivity index (χ3v) is 2.88. The molecule has 0 aliphatic carbocycles. The minimum atomic E-state index is 0.0487. The van der Waals surface area contributed by atoms with Crippen LogP contribution in [0.25, 0.3) is 0 Å². The zero-order chi connectivity index (χ0) is 11.5. The van der Waals surface area contributed by atoms with Gasteiger partial charge in [-0.3, -0.25) is 5.32 Å². The Morgan fingerprint density at radius 1 is 1.00 bits per heavy atom. The Labute approximate surface area is 101 Å². The molecule has 1 aliphatic rings. The first kappa shape index (κ1) is 10.4. The van der Waals surface area contributed by atoms with Crippen LogP contribution in [0, 0.1) is 6.54 Å². The lowest BCUT2D eigenvalue weighted by atomic mass is 10.1. The number of hydrogen-bond acceptors (Lipinski definition) is 2. The van der Waals surface area contributed by atoms with Gasteiger partial charge < -0.3 is 4.74 Å². The van der Waals surface area contributed by atoms with Crippen molar-refractivity contribution in [1.29, 1.82) is 0 Å². The fraction of sp³-hybridized carbons (Fsp3) is 0.133. The van der Waals surface area contributed by atoms with Gasteiger partial charge in [-0.2, -0.15) is 0 Å². The SMILES string of the molecule is [CH](NC1Cc2ccccc2O1)c1ccccc1. The second-order valence-corrected chi connectivity index (χ2v) is 4.14. The first-order valence-corrected chi connectivity index (χ1v) is 5.81. The van der Waals surface area contributed by atoms with E-state index in [2.05, 4.69) is 23.5 Å². The lowest BCUT2D eigenvalue weighted by Gasteiger charge is -2.12. The van der Waals surface area contributed by atoms with Crippen molar-refractivity contribution in [2.45, 2.75) is 12.6 Å². The molecule has 0 bridgehead atoms. The average molecular weight is 224 g/mol. The van der Waals surface area contributed by atoms with Gasteiger partial charge in [-0.1, -0.05) is 48.5 Å². The summed E-state index contributed by atoms with van der Waals surface area (Å²) in [5.41, 5.74) is 2.43. The van der Waals surface area contributed by atoms with Crippen molar-refractivity contribution in [3.05, 3.63) is 72.3 Å². The van der Waals surface area contributed by atoms with E-state index in [1.165, 1.54) is 5.56 Å². The zero-order valence-electron chi connectivity index (χ0n) is 9.47. The van der Waals surface area contributed by atoms with Crippen LogP contribution in [-0.4, -0.2) is 6.23 Å². The monoisotopic (exact) mass is 224 g/mol. The molecule has 0 saturated heterocycles. The van der Waals surface area contributed by atoms with Crippen LogP contribution in [0.2, 0.25) is 0 Å². The largest absolute Gasteiger partial charge is 0.475 e. The smallest absolute Gasteiger partial charge is 0.154 e. The number of ether oxygens (including phenoxy) is 1. The van der Waals surface area contributed by atoms with Gasteiger partial charge in [0, 0.05) is 6.42 Å². The highest BCUT2D eigenvalue weighted by Gasteiger charge is 2.21. The molecule has 0 amide bonds. The minimum absolute atomic E-state index is 0.0487. The van der Waals surface area contributed by atoms with Crippen LogP contribution in [-0.2, 0) is 6.42 Å². The predicted octanol–water partition coefficient (Wildman–Crippen LogP) is 2.75. The van der Waals surface area contributed by atoms with Gasteiger partial charge in [-0.25, -0.2) is 0 Å². The van der Waals surface area contributed by atoms with Gasteiger partial charge >= 0.3 is 0 Å². The molecule has 0 fully saturated rings. The fourth-order valence-electron chi connectivity index (χ4n) is 2.01. The second kappa shape index (κ2) is 4.60. The van der Waals surface area contributed by atoms with Crippen molar-refractivity contribution in [3.63, 3.8) is 0 Å². The molecule has 3 rings (SSSR count). The van der Waals surface area contributed by atoms with Crippen LogP contribution < -0.4 is 10.1 Å². The maximum absolute atomic E-state index is 5.79. The van der Waals surface area contributed by atoms with Crippen LogP contribution in [0.3, 0.4) is 0 Å². The number of nitrogens with one attached hydrogen (secondary N) is 1. The molecule has 1 atom stereocenters. The van der Waals surface area contributed by atoms with Gasteiger partial charge in [0.05, 0.1) is 6.54 Å². The van der Waals surface area contributed by atoms with Gasteiger partial charge in [-0.15, -0.1) is 0 Å². The number of hydrogen-bond donors (Lipinski definition) is 1. The van der Waals surface area contributed by atoms with E-state index >= 15 is 0 Å². The maximum Gasteiger partial charge on any atom is 0.154 e. The lowest BCUT2D eigenvalue weighted by molar-refractivity contribution is 0.205. The van der Waals surface area contributed by atoms with Crippen molar-refractivity contribution < 1.29 is 4.74 Å². The molecule has 2 nitrogen and oxygen atoms in total. The maximum atomic E-state index is 5.79. The Balaban J connectivity index is 1.59. The molecular weight excluding hydrogens is 210 g/mol. The first-order chi connectivity index (χ1) is 8.42. The predicted molar refractivity (Wildman–Crippen MR) is 67.5 cm³/mol. The lowest BCUT2D eigenvalue weighted by Crippen LogP contribution is -2.31. The Kier molecular flexibility index (Phi) is 2.80. The molecule has 17 heavy (non-hydrogen) atoms. The molecule has 1 unspecified atom stereocenters. The molecule has 2 aromatic rings. The molecule has 1 aliphatic heterocycles. The summed E-state index contributed by atoms with van der Waals surface area (Å²) in [5, 5.41) is 3.30. The van der Waals surface area contributed by atoms with Gasteiger partial charge in [0.15, 0.2) is 6.23 Å². The van der Waals surface area contributed by atoms with Crippen LogP contribution in [0.5, 0.6) is 5.75 Å². The summed E-state index contributed by atoms with van der Waals surface area (Å²) in [7, 11) is 0. The highest BCUT2D eigenvalue weighted by Crippen LogP contribution is 2.27. The molecule has 2 aromatic carbocycles. The van der Waals surface area contributed by atoms with E-state index < -0.39 is 0 Å². The summed E-state index contributed by atoms with van der Waals surface area (Å²) in [6.07, 6.45) is 0.965. The molecule has 85 valence electrons. The Hall–Kier alpha value is -1.80. The molecule has 1 N–H and O–H groups in total. The van der Waals surface area contributed by atoms with Crippen LogP contribution in [0.1, 0.15) is 11.1 Å². The zero-order valence-corrected chi connectivity index (χ0v) is 9.47. The fourth-order valence-corrected chi connectivity index (χ4v) is 2.01. The van der Waals surface area contributed by atoms with Crippen LogP contribution in [0.15, 0.2) is 54.6 Å². The third kappa shape index (κ3) is 2.32. The number of benzene rings is 2. The molecule has 0 aromatic heterocycles. The van der Waals surface area contributed by atoms with Crippen molar-refractivity contribution >= 4 is 0 Å². The first-order valence-electron chi connectivity index (χ1n) is 5.81. The van der Waals surface area contributed by atoms with Gasteiger partial charge in [-0.05, 0) is 17.2 Å². The Morgan fingerprint density at radius 3 is 2.59 bits per heavy atom. The minimum Gasteiger partial charge on any atom is -0.475 e. The summed E-state index contributed by atoms with van der Waals surface area (Å²) >= 11 is 0. The second-order valence-electron chi connectivity index (χ2n) is 4.14. The van der Waals surface area contributed by atoms with E-state index in [4.69, 9.17) is 4.74 Å². The summed E-state index contributed by atoms with van der Waals surface area (Å²) in [4.78, 5) is 0. The van der Waals surface area contributed by atoms with Crippen molar-refractivity contribution in [2.24, 2.45) is 0 Å². The van der Waals surface area contributed by atoms with E-state index in [0.717, 1.165) is 17.7 Å². The number of fused-ring (bicyclic) bond motifs is 1. The molecule has 0 spiro atoms. The topological polar surface area (TPSA) is 21.3 Å². The highest BCUT2D eigenvalue weighted by atomic mass is 16.5. The molecule has 1 radical (unpaired) electrons. The summed E-state index contributed by atoms with van der Waals surface area (Å²) in [6.45, 7) is 2.00. The van der Waals surface area contributed by atoms with E-state index in [1.54, 1.807) is 0 Å². The van der Waals surface area contributed by atoms with Crippen molar-refractivity contribution in [2.75, 3.05) is 0 Å². The van der Waals surface area contributed by atoms with Crippen molar-refractivity contribution in [1.82, 2.24) is 5.32 Å². The molecular formula is C15H14NO. The van der Waals surface area contributed by atoms with Gasteiger partial charge in [0.1, 0.15) is 5.75 Å². The quantitative estimate of drug-likeness (QED) is 0.865. The Morgan fingerprint density at radius 2 is 1.76 bits per heavy atom.